The monoisotopic (exact) mass is 356 g/mol. The van der Waals surface area contributed by atoms with E-state index in [9.17, 15) is 0 Å². The lowest BCUT2D eigenvalue weighted by Crippen LogP contribution is -2.26. The van der Waals surface area contributed by atoms with Crippen LogP contribution in [0.25, 0.3) is 0 Å². The number of halogens is 1. The number of rotatable bonds is 4. The predicted octanol–water partition coefficient (Wildman–Crippen LogP) is 4.26. The standard InChI is InChI=1S/C16H21BrO4/c17-13-8-7-12(20-15-5-1-3-9-18-15)11-14(13)21-16-6-2-4-10-19-16/h7-8,11,15-16H,1-6,9-10H2. The second-order valence-corrected chi connectivity index (χ2v) is 6.27. The SMILES string of the molecule is Brc1ccc(OC2CCCCO2)cc1OC1CCCCO1. The first-order valence-corrected chi connectivity index (χ1v) is 8.46. The molecule has 0 saturated carbocycles. The van der Waals surface area contributed by atoms with Crippen molar-refractivity contribution in [1.29, 1.82) is 0 Å². The summed E-state index contributed by atoms with van der Waals surface area (Å²) in [6, 6.07) is 5.77. The Bertz CT molecular complexity index is 454. The number of hydrogen-bond donors (Lipinski definition) is 0. The fourth-order valence-corrected chi connectivity index (χ4v) is 2.89. The molecule has 3 rings (SSSR count). The Morgan fingerprint density at radius 2 is 1.57 bits per heavy atom. The highest BCUT2D eigenvalue weighted by Crippen LogP contribution is 2.32. The molecule has 0 N–H and O–H groups in total. The zero-order chi connectivity index (χ0) is 14.5. The van der Waals surface area contributed by atoms with Crippen LogP contribution in [0.2, 0.25) is 0 Å². The molecule has 2 saturated heterocycles. The van der Waals surface area contributed by atoms with Gasteiger partial charge >= 0.3 is 0 Å². The van der Waals surface area contributed by atoms with Gasteiger partial charge in [0.25, 0.3) is 0 Å². The summed E-state index contributed by atoms with van der Waals surface area (Å²) < 4.78 is 23.9. The smallest absolute Gasteiger partial charge is 0.199 e. The minimum Gasteiger partial charge on any atom is -0.465 e. The van der Waals surface area contributed by atoms with Gasteiger partial charge in [0, 0.05) is 18.9 Å². The molecule has 0 radical (unpaired) electrons. The van der Waals surface area contributed by atoms with Crippen molar-refractivity contribution in [3.63, 3.8) is 0 Å². The molecule has 4 nitrogen and oxygen atoms in total. The van der Waals surface area contributed by atoms with Crippen molar-refractivity contribution < 1.29 is 18.9 Å². The van der Waals surface area contributed by atoms with Crippen LogP contribution >= 0.6 is 15.9 Å². The molecular formula is C16H21BrO4. The van der Waals surface area contributed by atoms with Crippen LogP contribution in [0.15, 0.2) is 22.7 Å². The Morgan fingerprint density at radius 1 is 0.905 bits per heavy atom. The maximum absolute atomic E-state index is 5.93. The van der Waals surface area contributed by atoms with Crippen molar-refractivity contribution in [2.75, 3.05) is 13.2 Å². The van der Waals surface area contributed by atoms with Crippen molar-refractivity contribution in [3.8, 4) is 11.5 Å². The fourth-order valence-electron chi connectivity index (χ4n) is 2.55. The minimum absolute atomic E-state index is 0.140. The lowest BCUT2D eigenvalue weighted by molar-refractivity contribution is -0.109. The Labute approximate surface area is 133 Å². The van der Waals surface area contributed by atoms with Crippen molar-refractivity contribution in [2.24, 2.45) is 0 Å². The molecule has 1 aromatic rings. The van der Waals surface area contributed by atoms with E-state index in [1.807, 2.05) is 18.2 Å². The van der Waals surface area contributed by atoms with Crippen LogP contribution < -0.4 is 9.47 Å². The first kappa shape index (κ1) is 15.1. The first-order valence-electron chi connectivity index (χ1n) is 7.67. The average molecular weight is 357 g/mol. The Kier molecular flexibility index (Phi) is 5.38. The summed E-state index contributed by atoms with van der Waals surface area (Å²) in [5.74, 6) is 1.53. The van der Waals surface area contributed by atoms with Crippen LogP contribution in [0.1, 0.15) is 38.5 Å². The summed E-state index contributed by atoms with van der Waals surface area (Å²) in [6.45, 7) is 1.55. The van der Waals surface area contributed by atoms with E-state index in [4.69, 9.17) is 18.9 Å². The zero-order valence-corrected chi connectivity index (χ0v) is 13.6. The quantitative estimate of drug-likeness (QED) is 0.807. The molecule has 21 heavy (non-hydrogen) atoms. The zero-order valence-electron chi connectivity index (χ0n) is 12.1. The van der Waals surface area contributed by atoms with E-state index in [0.29, 0.717) is 0 Å². The van der Waals surface area contributed by atoms with Gasteiger partial charge < -0.3 is 18.9 Å². The summed E-state index contributed by atoms with van der Waals surface area (Å²) in [6.07, 6.45) is 6.11. The Morgan fingerprint density at radius 3 is 2.19 bits per heavy atom. The van der Waals surface area contributed by atoms with E-state index in [0.717, 1.165) is 67.7 Å². The highest BCUT2D eigenvalue weighted by molar-refractivity contribution is 9.10. The van der Waals surface area contributed by atoms with Gasteiger partial charge in [-0.3, -0.25) is 0 Å². The van der Waals surface area contributed by atoms with Gasteiger partial charge in [0.15, 0.2) is 12.6 Å². The van der Waals surface area contributed by atoms with Crippen LogP contribution in [0.3, 0.4) is 0 Å². The molecule has 116 valence electrons. The molecule has 1 aromatic carbocycles. The number of ether oxygens (including phenoxy) is 4. The van der Waals surface area contributed by atoms with E-state index in [1.165, 1.54) is 0 Å². The average Bonchev–Trinajstić information content (AvgIpc) is 2.53. The van der Waals surface area contributed by atoms with Crippen LogP contribution in [-0.4, -0.2) is 25.8 Å². The van der Waals surface area contributed by atoms with Crippen molar-refractivity contribution in [1.82, 2.24) is 0 Å². The highest BCUT2D eigenvalue weighted by atomic mass is 79.9. The Balaban J connectivity index is 1.63. The molecule has 0 amide bonds. The molecule has 2 heterocycles. The van der Waals surface area contributed by atoms with Gasteiger partial charge in [-0.2, -0.15) is 0 Å². The van der Waals surface area contributed by atoms with Gasteiger partial charge in [-0.1, -0.05) is 0 Å². The molecule has 2 aliphatic heterocycles. The highest BCUT2D eigenvalue weighted by Gasteiger charge is 2.19. The predicted molar refractivity (Wildman–Crippen MR) is 82.6 cm³/mol. The number of hydrogen-bond acceptors (Lipinski definition) is 4. The fraction of sp³-hybridized carbons (Fsp3) is 0.625. The summed E-state index contributed by atoms with van der Waals surface area (Å²) >= 11 is 3.52. The molecule has 5 heteroatoms. The maximum Gasteiger partial charge on any atom is 0.199 e. The third-order valence-corrected chi connectivity index (χ3v) is 4.36. The van der Waals surface area contributed by atoms with Crippen molar-refractivity contribution in [3.05, 3.63) is 22.7 Å². The normalized spacial score (nSPS) is 26.3. The van der Waals surface area contributed by atoms with E-state index in [-0.39, 0.29) is 12.6 Å². The Hall–Kier alpha value is -0.780. The summed E-state index contributed by atoms with van der Waals surface area (Å²) in [4.78, 5) is 0. The van der Waals surface area contributed by atoms with Crippen LogP contribution in [0.4, 0.5) is 0 Å². The van der Waals surface area contributed by atoms with Crippen molar-refractivity contribution >= 4 is 15.9 Å². The van der Waals surface area contributed by atoms with Gasteiger partial charge in [-0.25, -0.2) is 0 Å². The van der Waals surface area contributed by atoms with Gasteiger partial charge in [-0.15, -0.1) is 0 Å². The lowest BCUT2D eigenvalue weighted by atomic mass is 10.2. The van der Waals surface area contributed by atoms with E-state index >= 15 is 0 Å². The molecule has 2 atom stereocenters. The van der Waals surface area contributed by atoms with Crippen LogP contribution in [0, 0.1) is 0 Å². The molecule has 0 spiro atoms. The lowest BCUT2D eigenvalue weighted by Gasteiger charge is -2.25. The number of benzene rings is 1. The van der Waals surface area contributed by atoms with Gasteiger partial charge in [0.05, 0.1) is 17.7 Å². The molecule has 0 bridgehead atoms. The van der Waals surface area contributed by atoms with E-state index < -0.39 is 0 Å². The molecular weight excluding hydrogens is 336 g/mol. The van der Waals surface area contributed by atoms with E-state index in [2.05, 4.69) is 15.9 Å². The topological polar surface area (TPSA) is 36.9 Å². The van der Waals surface area contributed by atoms with E-state index in [1.54, 1.807) is 0 Å². The molecule has 2 aliphatic rings. The van der Waals surface area contributed by atoms with Gasteiger partial charge in [-0.05, 0) is 53.7 Å². The second-order valence-electron chi connectivity index (χ2n) is 5.42. The first-order chi connectivity index (χ1) is 10.3. The molecule has 2 unspecified atom stereocenters. The summed E-state index contributed by atoms with van der Waals surface area (Å²) in [7, 11) is 0. The van der Waals surface area contributed by atoms with Gasteiger partial charge in [0.1, 0.15) is 11.5 Å². The van der Waals surface area contributed by atoms with Crippen molar-refractivity contribution in [2.45, 2.75) is 51.1 Å². The molecule has 0 aliphatic carbocycles. The molecule has 0 aromatic heterocycles. The van der Waals surface area contributed by atoms with Crippen LogP contribution in [0.5, 0.6) is 11.5 Å². The molecule has 2 fully saturated rings. The summed E-state index contributed by atoms with van der Waals surface area (Å²) in [5.41, 5.74) is 0. The largest absolute Gasteiger partial charge is 0.465 e. The third kappa shape index (κ3) is 4.34. The minimum atomic E-state index is -0.156. The summed E-state index contributed by atoms with van der Waals surface area (Å²) in [5, 5.41) is 0. The van der Waals surface area contributed by atoms with Gasteiger partial charge in [0.2, 0.25) is 0 Å². The third-order valence-electron chi connectivity index (χ3n) is 3.70. The second kappa shape index (κ2) is 7.47. The van der Waals surface area contributed by atoms with Crippen LogP contribution in [-0.2, 0) is 9.47 Å². The maximum atomic E-state index is 5.93.